The van der Waals surface area contributed by atoms with E-state index in [0.29, 0.717) is 25.7 Å². The van der Waals surface area contributed by atoms with Crippen LogP contribution in [0.5, 0.6) is 0 Å². The predicted octanol–water partition coefficient (Wildman–Crippen LogP) is 8.48. The molecule has 0 radical (unpaired) electrons. The van der Waals surface area contributed by atoms with Crippen LogP contribution in [0.2, 0.25) is 0 Å². The van der Waals surface area contributed by atoms with Crippen LogP contribution in [0, 0.1) is 35.3 Å². The molecule has 2 aromatic carbocycles. The van der Waals surface area contributed by atoms with Gasteiger partial charge in [-0.15, -0.1) is 22.7 Å². The molecule has 0 saturated heterocycles. The Hall–Kier alpha value is -4.58. The van der Waals surface area contributed by atoms with Crippen LogP contribution >= 0.6 is 22.7 Å². The highest BCUT2D eigenvalue weighted by atomic mass is 32.1. The molecule has 2 heterocycles. The van der Waals surface area contributed by atoms with Crippen molar-refractivity contribution in [2.75, 3.05) is 13.2 Å². The van der Waals surface area contributed by atoms with E-state index in [4.69, 9.17) is 20.9 Å². The Morgan fingerprint density at radius 2 is 1.02 bits per heavy atom. The summed E-state index contributed by atoms with van der Waals surface area (Å²) in [6.07, 6.45) is 9.72. The molecule has 0 aliphatic rings. The van der Waals surface area contributed by atoms with Crippen molar-refractivity contribution in [2.24, 2.45) is 11.5 Å². The van der Waals surface area contributed by atoms with E-state index in [1.165, 1.54) is 24.3 Å². The molecule has 0 fully saturated rings. The number of thiophene rings is 2. The van der Waals surface area contributed by atoms with Gasteiger partial charge in [-0.25, -0.2) is 18.4 Å². The number of esters is 2. The Morgan fingerprint density at radius 1 is 0.630 bits per heavy atom. The minimum Gasteiger partial charge on any atom is -0.461 e. The van der Waals surface area contributed by atoms with Gasteiger partial charge < -0.3 is 20.9 Å². The first-order chi connectivity index (χ1) is 25.8. The van der Waals surface area contributed by atoms with E-state index in [1.54, 1.807) is 46.9 Å². The van der Waals surface area contributed by atoms with Gasteiger partial charge in [0.1, 0.15) is 24.8 Å². The van der Waals surface area contributed by atoms with Crippen LogP contribution in [-0.2, 0) is 44.7 Å². The molecule has 0 bridgehead atoms. The SMILES string of the molecule is CC(N)(CCc1ccc(C#CCCCc2ccc(F)cc2)s1)COC(=O)/C=C\C(=O)OCC(C)(N)CCc1ccc(C#CCCCc2ccc(F)cc2)s1. The molecule has 0 aliphatic heterocycles. The summed E-state index contributed by atoms with van der Waals surface area (Å²) in [6, 6.07) is 21.2. The van der Waals surface area contributed by atoms with E-state index in [-0.39, 0.29) is 24.8 Å². The fraction of sp³-hybridized carbons (Fsp3) is 0.364. The van der Waals surface area contributed by atoms with Crippen LogP contribution in [0.25, 0.3) is 0 Å². The number of rotatable bonds is 18. The average molecular weight is 771 g/mol. The van der Waals surface area contributed by atoms with Gasteiger partial charge in [-0.3, -0.25) is 0 Å². The van der Waals surface area contributed by atoms with Crippen molar-refractivity contribution >= 4 is 34.6 Å². The summed E-state index contributed by atoms with van der Waals surface area (Å²) in [5.41, 5.74) is 13.5. The number of carbonyl (C=O) groups is 2. The molecule has 2 atom stereocenters. The van der Waals surface area contributed by atoms with E-state index >= 15 is 0 Å². The average Bonchev–Trinajstić information content (AvgIpc) is 3.81. The maximum atomic E-state index is 13.0. The number of hydrogen-bond acceptors (Lipinski definition) is 8. The molecule has 284 valence electrons. The van der Waals surface area contributed by atoms with Gasteiger partial charge in [-0.2, -0.15) is 0 Å². The lowest BCUT2D eigenvalue weighted by atomic mass is 9.98. The number of hydrogen-bond donors (Lipinski definition) is 2. The third-order valence-corrected chi connectivity index (χ3v) is 10.6. The van der Waals surface area contributed by atoms with Crippen LogP contribution in [0.1, 0.15) is 83.0 Å². The smallest absolute Gasteiger partial charge is 0.331 e. The molecule has 6 nitrogen and oxygen atoms in total. The molecule has 0 aliphatic carbocycles. The first-order valence-corrected chi connectivity index (χ1v) is 19.7. The van der Waals surface area contributed by atoms with Crippen molar-refractivity contribution in [3.8, 4) is 23.7 Å². The molecule has 4 aromatic rings. The van der Waals surface area contributed by atoms with Gasteiger partial charge in [-0.05, 0) is 125 Å². The molecule has 2 aromatic heterocycles. The van der Waals surface area contributed by atoms with Crippen LogP contribution in [-0.4, -0.2) is 36.2 Å². The Balaban J connectivity index is 1.07. The van der Waals surface area contributed by atoms with E-state index < -0.39 is 23.0 Å². The minimum absolute atomic E-state index is 0.00821. The maximum absolute atomic E-state index is 13.0. The summed E-state index contributed by atoms with van der Waals surface area (Å²) in [6.45, 7) is 3.62. The molecular formula is C44H48F2N2O4S2. The van der Waals surface area contributed by atoms with E-state index in [2.05, 4.69) is 23.7 Å². The normalized spacial score (nSPS) is 13.2. The summed E-state index contributed by atoms with van der Waals surface area (Å²) in [7, 11) is 0. The highest BCUT2D eigenvalue weighted by Crippen LogP contribution is 2.22. The fourth-order valence-corrected chi connectivity index (χ4v) is 6.95. The van der Waals surface area contributed by atoms with Gasteiger partial charge in [0.2, 0.25) is 0 Å². The summed E-state index contributed by atoms with van der Waals surface area (Å²) < 4.78 is 36.7. The number of ether oxygens (including phenoxy) is 2. The fourth-order valence-electron chi connectivity index (χ4n) is 5.19. The number of aryl methyl sites for hydroxylation is 4. The molecule has 0 amide bonds. The molecule has 0 saturated carbocycles. The van der Waals surface area contributed by atoms with Crippen molar-refractivity contribution in [1.29, 1.82) is 0 Å². The first-order valence-electron chi connectivity index (χ1n) is 18.1. The summed E-state index contributed by atoms with van der Waals surface area (Å²) >= 11 is 3.23. The van der Waals surface area contributed by atoms with Crippen LogP contribution in [0.4, 0.5) is 8.78 Å². The Labute approximate surface area is 326 Å². The van der Waals surface area contributed by atoms with Gasteiger partial charge in [-0.1, -0.05) is 47.9 Å². The molecule has 2 unspecified atom stereocenters. The number of carbonyl (C=O) groups excluding carboxylic acids is 2. The Morgan fingerprint density at radius 3 is 1.41 bits per heavy atom. The molecule has 4 rings (SSSR count). The van der Waals surface area contributed by atoms with E-state index in [9.17, 15) is 18.4 Å². The lowest BCUT2D eigenvalue weighted by Gasteiger charge is -2.23. The molecule has 10 heteroatoms. The molecule has 54 heavy (non-hydrogen) atoms. The third-order valence-electron chi connectivity index (χ3n) is 8.44. The van der Waals surface area contributed by atoms with E-state index in [1.807, 2.05) is 38.1 Å². The highest BCUT2D eigenvalue weighted by Gasteiger charge is 2.22. The lowest BCUT2D eigenvalue weighted by molar-refractivity contribution is -0.142. The molecule has 0 spiro atoms. The van der Waals surface area contributed by atoms with Crippen molar-refractivity contribution in [3.63, 3.8) is 0 Å². The zero-order valence-electron chi connectivity index (χ0n) is 30.9. The second kappa shape index (κ2) is 21.3. The summed E-state index contributed by atoms with van der Waals surface area (Å²) in [4.78, 5) is 28.8. The Bertz CT molecular complexity index is 1810. The monoisotopic (exact) mass is 770 g/mol. The number of benzene rings is 2. The highest BCUT2D eigenvalue weighted by molar-refractivity contribution is 7.12. The van der Waals surface area contributed by atoms with Crippen molar-refractivity contribution < 1.29 is 27.8 Å². The largest absolute Gasteiger partial charge is 0.461 e. The van der Waals surface area contributed by atoms with E-state index in [0.717, 1.165) is 81.3 Å². The summed E-state index contributed by atoms with van der Waals surface area (Å²) in [5, 5.41) is 0. The van der Waals surface area contributed by atoms with Gasteiger partial charge in [0.25, 0.3) is 0 Å². The van der Waals surface area contributed by atoms with Crippen LogP contribution in [0.3, 0.4) is 0 Å². The molecule has 4 N–H and O–H groups in total. The second-order valence-corrected chi connectivity index (χ2v) is 16.3. The van der Waals surface area contributed by atoms with Gasteiger partial charge in [0, 0.05) is 45.8 Å². The molecular weight excluding hydrogens is 723 g/mol. The minimum atomic E-state index is -0.760. The van der Waals surface area contributed by atoms with Gasteiger partial charge in [0.15, 0.2) is 0 Å². The number of unbranched alkanes of at least 4 members (excludes halogenated alkanes) is 2. The second-order valence-electron chi connectivity index (χ2n) is 14.0. The topological polar surface area (TPSA) is 105 Å². The zero-order valence-corrected chi connectivity index (χ0v) is 32.6. The van der Waals surface area contributed by atoms with Crippen molar-refractivity contribution in [1.82, 2.24) is 0 Å². The van der Waals surface area contributed by atoms with Crippen LogP contribution in [0.15, 0.2) is 84.9 Å². The lowest BCUT2D eigenvalue weighted by Crippen LogP contribution is -2.42. The predicted molar refractivity (Wildman–Crippen MR) is 214 cm³/mol. The van der Waals surface area contributed by atoms with Gasteiger partial charge in [0.05, 0.1) is 9.75 Å². The van der Waals surface area contributed by atoms with Crippen molar-refractivity contribution in [3.05, 3.63) is 127 Å². The summed E-state index contributed by atoms with van der Waals surface area (Å²) in [5.74, 6) is 11.0. The number of nitrogens with two attached hydrogens (primary N) is 2. The van der Waals surface area contributed by atoms with Gasteiger partial charge >= 0.3 is 11.9 Å². The standard InChI is InChI=1S/C44H48F2N2O4S2/c1-43(47,29-27-39-23-21-37(53-39)11-7-3-5-9-33-13-17-35(45)18-14-33)31-51-41(49)25-26-42(50)52-32-44(2,48)30-28-40-24-22-38(54-40)12-8-4-6-10-34-15-19-36(46)20-16-34/h13-26H,3-6,9-10,27-32,47-48H2,1-2H3/b26-25-. The number of halogens is 2. The Kier molecular flexibility index (Phi) is 16.7. The van der Waals surface area contributed by atoms with Crippen molar-refractivity contribution in [2.45, 2.75) is 89.1 Å². The first kappa shape index (κ1) is 42.2. The zero-order chi connectivity index (χ0) is 38.8. The van der Waals surface area contributed by atoms with Crippen LogP contribution < -0.4 is 11.5 Å². The third kappa shape index (κ3) is 16.6. The quantitative estimate of drug-likeness (QED) is 0.0456. The maximum Gasteiger partial charge on any atom is 0.331 e.